The van der Waals surface area contributed by atoms with E-state index in [9.17, 15) is 4.79 Å². The standard InChI is InChI=1S/C17H29IO2/c1-2-3-4-5-6-7-8-9-10-11-12-14-17(19)20-16-13-15-18/h2-12,14,16H2,1H3. The molecule has 3 heteroatoms. The van der Waals surface area contributed by atoms with Crippen LogP contribution in [0, 0.1) is 9.85 Å². The second kappa shape index (κ2) is 16.8. The molecule has 0 aromatic carbocycles. The van der Waals surface area contributed by atoms with Crippen LogP contribution in [-0.2, 0) is 9.53 Å². The van der Waals surface area contributed by atoms with Gasteiger partial charge in [-0.3, -0.25) is 4.79 Å². The Kier molecular flexibility index (Phi) is 16.6. The molecule has 0 N–H and O–H groups in total. The molecule has 0 saturated heterocycles. The molecule has 0 saturated carbocycles. The number of ether oxygens (including phenoxy) is 1. The van der Waals surface area contributed by atoms with E-state index in [1.54, 1.807) is 0 Å². The molecule has 0 unspecified atom stereocenters. The van der Waals surface area contributed by atoms with Crippen LogP contribution < -0.4 is 0 Å². The highest BCUT2D eigenvalue weighted by Crippen LogP contribution is 2.12. The number of hydrogen-bond acceptors (Lipinski definition) is 2. The third-order valence-electron chi connectivity index (χ3n) is 3.36. The van der Waals surface area contributed by atoms with Crippen molar-refractivity contribution in [2.24, 2.45) is 0 Å². The monoisotopic (exact) mass is 392 g/mol. The maximum atomic E-state index is 11.3. The van der Waals surface area contributed by atoms with E-state index >= 15 is 0 Å². The van der Waals surface area contributed by atoms with Crippen LogP contribution in [0.25, 0.3) is 0 Å². The molecule has 0 aliphatic rings. The first-order chi connectivity index (χ1) is 9.81. The van der Waals surface area contributed by atoms with Gasteiger partial charge in [0.2, 0.25) is 0 Å². The van der Waals surface area contributed by atoms with E-state index in [4.69, 9.17) is 4.74 Å². The van der Waals surface area contributed by atoms with Crippen molar-refractivity contribution in [3.8, 4) is 9.85 Å². The smallest absolute Gasteiger partial charge is 0.306 e. The van der Waals surface area contributed by atoms with Gasteiger partial charge in [0, 0.05) is 29.0 Å². The number of hydrogen-bond donors (Lipinski definition) is 0. The number of carbonyl (C=O) groups excluding carboxylic acids is 1. The number of rotatable bonds is 13. The lowest BCUT2D eigenvalue weighted by molar-refractivity contribution is -0.142. The summed E-state index contributed by atoms with van der Waals surface area (Å²) in [5, 5.41) is 0. The van der Waals surface area contributed by atoms with Crippen LogP contribution in [0.1, 0.15) is 84.0 Å². The van der Waals surface area contributed by atoms with Crippen molar-refractivity contribution in [1.29, 1.82) is 0 Å². The average molecular weight is 392 g/mol. The fourth-order valence-corrected chi connectivity index (χ4v) is 2.31. The zero-order chi connectivity index (χ0) is 14.9. The molecule has 0 aliphatic carbocycles. The van der Waals surface area contributed by atoms with Gasteiger partial charge >= 0.3 is 5.97 Å². The predicted octanol–water partition coefficient (Wildman–Crippen LogP) is 5.63. The van der Waals surface area contributed by atoms with Crippen LogP contribution in [0.3, 0.4) is 0 Å². The molecule has 0 atom stereocenters. The highest BCUT2D eigenvalue weighted by molar-refractivity contribution is 14.1. The molecule has 116 valence electrons. The zero-order valence-electron chi connectivity index (χ0n) is 12.9. The van der Waals surface area contributed by atoms with Gasteiger partial charge in [-0.25, -0.2) is 0 Å². The Morgan fingerprint density at radius 1 is 0.900 bits per heavy atom. The molecule has 0 amide bonds. The summed E-state index contributed by atoms with van der Waals surface area (Å²) in [5.41, 5.74) is 0. The molecule has 0 fully saturated rings. The van der Waals surface area contributed by atoms with E-state index in [0.717, 1.165) is 12.8 Å². The quantitative estimate of drug-likeness (QED) is 0.176. The summed E-state index contributed by atoms with van der Waals surface area (Å²) in [7, 11) is 0. The van der Waals surface area contributed by atoms with Crippen molar-refractivity contribution in [2.45, 2.75) is 84.0 Å². The van der Waals surface area contributed by atoms with Gasteiger partial charge in [-0.05, 0) is 10.3 Å². The van der Waals surface area contributed by atoms with Gasteiger partial charge in [-0.1, -0.05) is 77.1 Å². The molecular formula is C17H29IO2. The van der Waals surface area contributed by atoms with Crippen molar-refractivity contribution in [2.75, 3.05) is 6.61 Å². The minimum absolute atomic E-state index is 0.111. The van der Waals surface area contributed by atoms with Crippen molar-refractivity contribution in [3.63, 3.8) is 0 Å². The van der Waals surface area contributed by atoms with Crippen LogP contribution in [0.2, 0.25) is 0 Å². The fourth-order valence-electron chi connectivity index (χ4n) is 2.15. The summed E-state index contributed by atoms with van der Waals surface area (Å²) < 4.78 is 7.63. The Balaban J connectivity index is 3.12. The summed E-state index contributed by atoms with van der Waals surface area (Å²) >= 11 is 1.94. The predicted molar refractivity (Wildman–Crippen MR) is 93.8 cm³/mol. The lowest BCUT2D eigenvalue weighted by atomic mass is 10.1. The Labute approximate surface area is 138 Å². The minimum Gasteiger partial charge on any atom is -0.452 e. The number of esters is 1. The maximum Gasteiger partial charge on any atom is 0.306 e. The molecule has 0 radical (unpaired) electrons. The molecule has 0 aromatic rings. The number of halogens is 1. The molecule has 0 rings (SSSR count). The molecular weight excluding hydrogens is 363 g/mol. The van der Waals surface area contributed by atoms with Gasteiger partial charge in [0.1, 0.15) is 0 Å². The van der Waals surface area contributed by atoms with Gasteiger partial charge in [-0.15, -0.1) is 0 Å². The maximum absolute atomic E-state index is 11.3. The largest absolute Gasteiger partial charge is 0.452 e. The molecule has 0 aromatic heterocycles. The number of unbranched alkanes of at least 4 members (excludes halogenated alkanes) is 10. The normalized spacial score (nSPS) is 9.90. The third-order valence-corrected chi connectivity index (χ3v) is 3.74. The molecule has 0 heterocycles. The van der Waals surface area contributed by atoms with Crippen LogP contribution in [0.4, 0.5) is 0 Å². The van der Waals surface area contributed by atoms with Crippen molar-refractivity contribution in [3.05, 3.63) is 0 Å². The number of carbonyl (C=O) groups is 1. The van der Waals surface area contributed by atoms with E-state index in [0.29, 0.717) is 6.42 Å². The van der Waals surface area contributed by atoms with Crippen molar-refractivity contribution in [1.82, 2.24) is 0 Å². The first-order valence-electron chi connectivity index (χ1n) is 8.05. The van der Waals surface area contributed by atoms with Gasteiger partial charge in [0.05, 0.1) is 0 Å². The average Bonchev–Trinajstić information content (AvgIpc) is 2.45. The Bertz CT molecular complexity index is 278. The van der Waals surface area contributed by atoms with E-state index in [-0.39, 0.29) is 12.6 Å². The van der Waals surface area contributed by atoms with Crippen LogP contribution in [0.15, 0.2) is 0 Å². The highest BCUT2D eigenvalue weighted by Gasteiger charge is 2.01. The molecule has 0 spiro atoms. The fraction of sp³-hybridized carbons (Fsp3) is 0.824. The van der Waals surface area contributed by atoms with Crippen LogP contribution in [-0.4, -0.2) is 12.6 Å². The van der Waals surface area contributed by atoms with E-state index < -0.39 is 0 Å². The third kappa shape index (κ3) is 15.8. The molecule has 2 nitrogen and oxygen atoms in total. The summed E-state index contributed by atoms with van der Waals surface area (Å²) in [4.78, 5) is 11.3. The first-order valence-corrected chi connectivity index (χ1v) is 9.13. The van der Waals surface area contributed by atoms with Crippen molar-refractivity contribution < 1.29 is 9.53 Å². The summed E-state index contributed by atoms with van der Waals surface area (Å²) in [5.74, 6) is 2.60. The second-order valence-corrected chi connectivity index (χ2v) is 5.76. The minimum atomic E-state index is -0.111. The van der Waals surface area contributed by atoms with E-state index in [2.05, 4.69) is 16.8 Å². The van der Waals surface area contributed by atoms with Gasteiger partial charge in [-0.2, -0.15) is 0 Å². The lowest BCUT2D eigenvalue weighted by Crippen LogP contribution is -2.04. The lowest BCUT2D eigenvalue weighted by Gasteiger charge is -2.03. The summed E-state index contributed by atoms with van der Waals surface area (Å²) in [6.45, 7) is 2.49. The molecule has 20 heavy (non-hydrogen) atoms. The van der Waals surface area contributed by atoms with E-state index in [1.807, 2.05) is 22.6 Å². The van der Waals surface area contributed by atoms with E-state index in [1.165, 1.54) is 57.8 Å². The Morgan fingerprint density at radius 2 is 1.40 bits per heavy atom. The zero-order valence-corrected chi connectivity index (χ0v) is 15.0. The molecule has 0 bridgehead atoms. The topological polar surface area (TPSA) is 26.3 Å². The Hall–Kier alpha value is -0.240. The molecule has 0 aliphatic heterocycles. The summed E-state index contributed by atoms with van der Waals surface area (Å²) in [6.07, 6.45) is 14.8. The van der Waals surface area contributed by atoms with Crippen molar-refractivity contribution >= 4 is 28.6 Å². The van der Waals surface area contributed by atoms with Gasteiger partial charge < -0.3 is 4.74 Å². The second-order valence-electron chi connectivity index (χ2n) is 5.22. The van der Waals surface area contributed by atoms with Crippen LogP contribution >= 0.6 is 22.6 Å². The van der Waals surface area contributed by atoms with Gasteiger partial charge in [0.25, 0.3) is 0 Å². The SMILES string of the molecule is CCCCCCCCCCCCCC(=O)OCC#CI. The van der Waals surface area contributed by atoms with Crippen LogP contribution in [0.5, 0.6) is 0 Å². The highest BCUT2D eigenvalue weighted by atomic mass is 127. The van der Waals surface area contributed by atoms with Gasteiger partial charge in [0.15, 0.2) is 6.61 Å². The Morgan fingerprint density at radius 3 is 1.90 bits per heavy atom. The summed E-state index contributed by atoms with van der Waals surface area (Å²) in [6, 6.07) is 0. The first kappa shape index (κ1) is 19.8.